The molecule has 2 nitrogen and oxygen atoms in total. The van der Waals surface area contributed by atoms with E-state index < -0.39 is 0 Å². The van der Waals surface area contributed by atoms with Gasteiger partial charge in [-0.1, -0.05) is 23.8 Å². The lowest BCUT2D eigenvalue weighted by Crippen LogP contribution is -1.91. The van der Waals surface area contributed by atoms with Crippen molar-refractivity contribution in [1.82, 2.24) is 0 Å². The molecule has 0 heterocycles. The lowest BCUT2D eigenvalue weighted by molar-refractivity contribution is 0.415. The van der Waals surface area contributed by atoms with E-state index in [-0.39, 0.29) is 0 Å². The largest absolute Gasteiger partial charge is 0.497 e. The Morgan fingerprint density at radius 1 is 0.938 bits per heavy atom. The number of nitrogens with one attached hydrogen (secondary N) is 1. The van der Waals surface area contributed by atoms with E-state index in [1.54, 1.807) is 7.11 Å². The number of methoxy groups -OCH3 is 1. The summed E-state index contributed by atoms with van der Waals surface area (Å²) in [6.45, 7) is 2.08. The molecule has 0 bridgehead atoms. The van der Waals surface area contributed by atoms with Gasteiger partial charge in [-0.25, -0.2) is 0 Å². The van der Waals surface area contributed by atoms with E-state index in [9.17, 15) is 0 Å². The maximum atomic E-state index is 5.17. The van der Waals surface area contributed by atoms with Gasteiger partial charge in [-0.2, -0.15) is 0 Å². The second kappa shape index (κ2) is 4.71. The molecule has 82 valence electrons. The Bertz CT molecular complexity index is 462. The molecule has 2 aromatic rings. The highest BCUT2D eigenvalue weighted by Crippen LogP contribution is 2.21. The lowest BCUT2D eigenvalue weighted by atomic mass is 10.2. The van der Waals surface area contributed by atoms with Crippen LogP contribution in [0.2, 0.25) is 0 Å². The first-order valence-corrected chi connectivity index (χ1v) is 5.26. The molecule has 0 unspecified atom stereocenters. The first kappa shape index (κ1) is 10.6. The second-order valence-electron chi connectivity index (χ2n) is 3.72. The number of hydrogen-bond donors (Lipinski definition) is 1. The summed E-state index contributed by atoms with van der Waals surface area (Å²) < 4.78 is 5.17. The van der Waals surface area contributed by atoms with Gasteiger partial charge in [-0.3, -0.25) is 0 Å². The molecule has 0 radical (unpaired) electrons. The van der Waals surface area contributed by atoms with Crippen molar-refractivity contribution >= 4 is 11.4 Å². The van der Waals surface area contributed by atoms with Crippen molar-refractivity contribution in [3.63, 3.8) is 0 Å². The van der Waals surface area contributed by atoms with Crippen molar-refractivity contribution in [3.05, 3.63) is 54.1 Å². The number of anilines is 2. The zero-order valence-electron chi connectivity index (χ0n) is 9.53. The molecule has 0 amide bonds. The third kappa shape index (κ3) is 2.54. The van der Waals surface area contributed by atoms with Crippen LogP contribution < -0.4 is 10.1 Å². The van der Waals surface area contributed by atoms with Crippen LogP contribution in [0.3, 0.4) is 0 Å². The van der Waals surface area contributed by atoms with Gasteiger partial charge in [0.15, 0.2) is 0 Å². The highest BCUT2D eigenvalue weighted by Gasteiger charge is 1.96. The van der Waals surface area contributed by atoms with E-state index >= 15 is 0 Å². The van der Waals surface area contributed by atoms with Crippen LogP contribution in [-0.2, 0) is 0 Å². The third-order valence-corrected chi connectivity index (χ3v) is 2.41. The number of aryl methyl sites for hydroxylation is 1. The first-order valence-electron chi connectivity index (χ1n) is 5.26. The van der Waals surface area contributed by atoms with Gasteiger partial charge >= 0.3 is 0 Å². The van der Waals surface area contributed by atoms with Crippen LogP contribution in [0.1, 0.15) is 5.56 Å². The molecule has 0 aromatic heterocycles. The Morgan fingerprint density at radius 3 is 2.38 bits per heavy atom. The number of benzene rings is 2. The number of hydrogen-bond acceptors (Lipinski definition) is 2. The Labute approximate surface area is 95.9 Å². The highest BCUT2D eigenvalue weighted by atomic mass is 16.5. The van der Waals surface area contributed by atoms with E-state index in [1.807, 2.05) is 24.3 Å². The van der Waals surface area contributed by atoms with Crippen molar-refractivity contribution < 1.29 is 4.74 Å². The van der Waals surface area contributed by atoms with Crippen LogP contribution in [0.25, 0.3) is 0 Å². The fourth-order valence-corrected chi connectivity index (χ4v) is 1.50. The Hall–Kier alpha value is -1.96. The Kier molecular flexibility index (Phi) is 3.10. The van der Waals surface area contributed by atoms with Gasteiger partial charge in [0.05, 0.1) is 7.11 Å². The van der Waals surface area contributed by atoms with E-state index in [2.05, 4.69) is 36.5 Å². The van der Waals surface area contributed by atoms with Crippen molar-refractivity contribution in [2.24, 2.45) is 0 Å². The fourth-order valence-electron chi connectivity index (χ4n) is 1.50. The minimum atomic E-state index is 0.858. The van der Waals surface area contributed by atoms with Gasteiger partial charge in [-0.05, 0) is 31.2 Å². The smallest absolute Gasteiger partial charge is 0.120 e. The highest BCUT2D eigenvalue weighted by molar-refractivity contribution is 5.61. The molecule has 16 heavy (non-hydrogen) atoms. The van der Waals surface area contributed by atoms with Gasteiger partial charge in [0.25, 0.3) is 0 Å². The quantitative estimate of drug-likeness (QED) is 0.838. The summed E-state index contributed by atoms with van der Waals surface area (Å²) in [5.74, 6) is 0.858. The van der Waals surface area contributed by atoms with Crippen LogP contribution in [0.5, 0.6) is 5.75 Å². The van der Waals surface area contributed by atoms with E-state index in [1.165, 1.54) is 5.56 Å². The van der Waals surface area contributed by atoms with Crippen molar-refractivity contribution in [2.75, 3.05) is 12.4 Å². The second-order valence-corrected chi connectivity index (χ2v) is 3.72. The van der Waals surface area contributed by atoms with Gasteiger partial charge in [0, 0.05) is 17.4 Å². The molecular weight excluding hydrogens is 198 g/mol. The SMILES string of the molecule is COc1cccc(Nc2ccc(C)cc2)c1. The van der Waals surface area contributed by atoms with Crippen LogP contribution in [-0.4, -0.2) is 7.11 Å². The maximum Gasteiger partial charge on any atom is 0.120 e. The van der Waals surface area contributed by atoms with Crippen molar-refractivity contribution in [2.45, 2.75) is 6.92 Å². The number of rotatable bonds is 3. The predicted molar refractivity (Wildman–Crippen MR) is 67.5 cm³/mol. The maximum absolute atomic E-state index is 5.17. The van der Waals surface area contributed by atoms with Crippen LogP contribution in [0, 0.1) is 6.92 Å². The summed E-state index contributed by atoms with van der Waals surface area (Å²) in [5, 5.41) is 3.33. The summed E-state index contributed by atoms with van der Waals surface area (Å²) >= 11 is 0. The fraction of sp³-hybridized carbons (Fsp3) is 0.143. The molecule has 0 atom stereocenters. The van der Waals surface area contributed by atoms with Crippen LogP contribution >= 0.6 is 0 Å². The Morgan fingerprint density at radius 2 is 1.69 bits per heavy atom. The van der Waals surface area contributed by atoms with Crippen LogP contribution in [0.15, 0.2) is 48.5 Å². The molecule has 1 N–H and O–H groups in total. The molecule has 0 fully saturated rings. The minimum Gasteiger partial charge on any atom is -0.497 e. The molecule has 2 rings (SSSR count). The van der Waals surface area contributed by atoms with Gasteiger partial charge < -0.3 is 10.1 Å². The molecule has 2 aromatic carbocycles. The Balaban J connectivity index is 2.16. The summed E-state index contributed by atoms with van der Waals surface area (Å²) in [7, 11) is 1.67. The minimum absolute atomic E-state index is 0.858. The van der Waals surface area contributed by atoms with Gasteiger partial charge in [0.1, 0.15) is 5.75 Å². The van der Waals surface area contributed by atoms with Gasteiger partial charge in [-0.15, -0.1) is 0 Å². The average molecular weight is 213 g/mol. The van der Waals surface area contributed by atoms with Crippen LogP contribution in [0.4, 0.5) is 11.4 Å². The molecule has 0 saturated carbocycles. The van der Waals surface area contributed by atoms with E-state index in [0.717, 1.165) is 17.1 Å². The molecule has 0 aliphatic heterocycles. The molecular formula is C14H15NO. The monoisotopic (exact) mass is 213 g/mol. The topological polar surface area (TPSA) is 21.3 Å². The first-order chi connectivity index (χ1) is 7.78. The number of ether oxygens (including phenoxy) is 1. The molecule has 2 heteroatoms. The summed E-state index contributed by atoms with van der Waals surface area (Å²) in [6.07, 6.45) is 0. The predicted octanol–water partition coefficient (Wildman–Crippen LogP) is 3.75. The normalized spacial score (nSPS) is 9.88. The molecule has 0 spiro atoms. The lowest BCUT2D eigenvalue weighted by Gasteiger charge is -2.08. The average Bonchev–Trinajstić information content (AvgIpc) is 2.32. The zero-order valence-corrected chi connectivity index (χ0v) is 9.53. The molecule has 0 saturated heterocycles. The summed E-state index contributed by atoms with van der Waals surface area (Å²) in [6, 6.07) is 16.2. The van der Waals surface area contributed by atoms with Crippen molar-refractivity contribution in [3.8, 4) is 5.75 Å². The van der Waals surface area contributed by atoms with Crippen molar-refractivity contribution in [1.29, 1.82) is 0 Å². The third-order valence-electron chi connectivity index (χ3n) is 2.41. The molecule has 0 aliphatic rings. The summed E-state index contributed by atoms with van der Waals surface area (Å²) in [5.41, 5.74) is 3.37. The zero-order chi connectivity index (χ0) is 11.4. The van der Waals surface area contributed by atoms with Gasteiger partial charge in [0.2, 0.25) is 0 Å². The van der Waals surface area contributed by atoms with E-state index in [4.69, 9.17) is 4.74 Å². The molecule has 0 aliphatic carbocycles. The van der Waals surface area contributed by atoms with E-state index in [0.29, 0.717) is 0 Å². The standard InChI is InChI=1S/C14H15NO/c1-11-6-8-12(9-7-11)15-13-4-3-5-14(10-13)16-2/h3-10,15H,1-2H3. The summed E-state index contributed by atoms with van der Waals surface area (Å²) in [4.78, 5) is 0.